The molecule has 0 aliphatic rings. The highest BCUT2D eigenvalue weighted by molar-refractivity contribution is 5.89. The Hall–Kier alpha value is -2.55. The van der Waals surface area contributed by atoms with Crippen molar-refractivity contribution in [3.8, 4) is 17.1 Å². The minimum Gasteiger partial charge on any atom is -0.432 e. The fourth-order valence-electron chi connectivity index (χ4n) is 1.50. The second-order valence-corrected chi connectivity index (χ2v) is 3.81. The molecule has 0 saturated heterocycles. The lowest BCUT2D eigenvalue weighted by Crippen LogP contribution is -2.34. The van der Waals surface area contributed by atoms with E-state index in [1.165, 1.54) is 25.4 Å². The van der Waals surface area contributed by atoms with Gasteiger partial charge < -0.3 is 9.15 Å². The predicted molar refractivity (Wildman–Crippen MR) is 65.1 cm³/mol. The van der Waals surface area contributed by atoms with E-state index in [1.54, 1.807) is 0 Å². The topological polar surface area (TPSA) is 76.4 Å². The van der Waals surface area contributed by atoms with Gasteiger partial charge >= 0.3 is 12.3 Å². The summed E-state index contributed by atoms with van der Waals surface area (Å²) in [5, 5.41) is 0. The molecule has 0 spiro atoms. The van der Waals surface area contributed by atoms with Gasteiger partial charge in [-0.3, -0.25) is 10.2 Å². The van der Waals surface area contributed by atoms with E-state index in [4.69, 9.17) is 4.42 Å². The van der Waals surface area contributed by atoms with Crippen molar-refractivity contribution in [3.05, 3.63) is 36.4 Å². The van der Waals surface area contributed by atoms with E-state index in [1.807, 2.05) is 0 Å². The minimum absolute atomic E-state index is 0.171. The maximum atomic E-state index is 12.0. The van der Waals surface area contributed by atoms with Crippen LogP contribution in [0.25, 0.3) is 11.3 Å². The number of rotatable bonds is 4. The summed E-state index contributed by atoms with van der Waals surface area (Å²) >= 11 is 0. The molecule has 0 aliphatic heterocycles. The first-order chi connectivity index (χ1) is 9.89. The number of benzene rings is 1. The SMILES string of the molecule is CNNC(=O)c1ncc(-c2ccc(OC(F)(F)F)cc2)o1. The van der Waals surface area contributed by atoms with Crippen molar-refractivity contribution in [1.29, 1.82) is 0 Å². The van der Waals surface area contributed by atoms with E-state index in [2.05, 4.69) is 20.6 Å². The maximum absolute atomic E-state index is 12.0. The van der Waals surface area contributed by atoms with Gasteiger partial charge in [-0.25, -0.2) is 10.4 Å². The number of nitrogens with one attached hydrogen (secondary N) is 2. The van der Waals surface area contributed by atoms with E-state index in [0.29, 0.717) is 5.56 Å². The zero-order valence-corrected chi connectivity index (χ0v) is 10.7. The van der Waals surface area contributed by atoms with Crippen molar-refractivity contribution in [2.75, 3.05) is 7.05 Å². The third kappa shape index (κ3) is 3.96. The number of alkyl halides is 3. The number of amides is 1. The maximum Gasteiger partial charge on any atom is 0.573 e. The number of oxazole rings is 1. The summed E-state index contributed by atoms with van der Waals surface area (Å²) in [5.74, 6) is -0.843. The smallest absolute Gasteiger partial charge is 0.432 e. The number of hydrogen-bond acceptors (Lipinski definition) is 5. The second kappa shape index (κ2) is 5.83. The number of carbonyl (C=O) groups is 1. The van der Waals surface area contributed by atoms with Crippen molar-refractivity contribution in [3.63, 3.8) is 0 Å². The molecule has 0 saturated carbocycles. The van der Waals surface area contributed by atoms with Crippen LogP contribution in [0.3, 0.4) is 0 Å². The molecule has 0 bridgehead atoms. The molecule has 9 heteroatoms. The summed E-state index contributed by atoms with van der Waals surface area (Å²) in [6.45, 7) is 0. The Bertz CT molecular complexity index is 623. The van der Waals surface area contributed by atoms with Crippen LogP contribution in [0.1, 0.15) is 10.7 Å². The van der Waals surface area contributed by atoms with Crippen LogP contribution < -0.4 is 15.6 Å². The molecule has 1 aromatic carbocycles. The number of hydrogen-bond donors (Lipinski definition) is 2. The fourth-order valence-corrected chi connectivity index (χ4v) is 1.50. The first-order valence-corrected chi connectivity index (χ1v) is 5.68. The first-order valence-electron chi connectivity index (χ1n) is 5.68. The number of carbonyl (C=O) groups excluding carboxylic acids is 1. The largest absolute Gasteiger partial charge is 0.573 e. The normalized spacial score (nSPS) is 11.2. The van der Waals surface area contributed by atoms with Gasteiger partial charge in [0, 0.05) is 12.6 Å². The molecule has 112 valence electrons. The highest BCUT2D eigenvalue weighted by atomic mass is 19.4. The van der Waals surface area contributed by atoms with Gasteiger partial charge in [0.2, 0.25) is 0 Å². The van der Waals surface area contributed by atoms with Crippen LogP contribution in [0.15, 0.2) is 34.9 Å². The Morgan fingerprint density at radius 3 is 2.52 bits per heavy atom. The third-order valence-electron chi connectivity index (χ3n) is 2.31. The summed E-state index contributed by atoms with van der Waals surface area (Å²) in [6.07, 6.45) is -3.45. The van der Waals surface area contributed by atoms with Crippen molar-refractivity contribution in [2.24, 2.45) is 0 Å². The van der Waals surface area contributed by atoms with Gasteiger partial charge in [-0.1, -0.05) is 0 Å². The van der Waals surface area contributed by atoms with Gasteiger partial charge in [0.1, 0.15) is 5.75 Å². The van der Waals surface area contributed by atoms with Crippen molar-refractivity contribution < 1.29 is 27.1 Å². The Kier molecular flexibility index (Phi) is 4.13. The Morgan fingerprint density at radius 1 is 1.29 bits per heavy atom. The monoisotopic (exact) mass is 301 g/mol. The van der Waals surface area contributed by atoms with Gasteiger partial charge in [-0.2, -0.15) is 0 Å². The summed E-state index contributed by atoms with van der Waals surface area (Å²) in [4.78, 5) is 15.2. The summed E-state index contributed by atoms with van der Waals surface area (Å²) < 4.78 is 45.0. The van der Waals surface area contributed by atoms with Crippen LogP contribution in [-0.4, -0.2) is 24.3 Å². The molecular formula is C12H10F3N3O3. The van der Waals surface area contributed by atoms with Crippen LogP contribution in [0.2, 0.25) is 0 Å². The van der Waals surface area contributed by atoms with Crippen molar-refractivity contribution in [2.45, 2.75) is 6.36 Å². The van der Waals surface area contributed by atoms with Crippen molar-refractivity contribution >= 4 is 5.91 Å². The zero-order valence-electron chi connectivity index (χ0n) is 10.7. The van der Waals surface area contributed by atoms with Crippen LogP contribution in [-0.2, 0) is 0 Å². The third-order valence-corrected chi connectivity index (χ3v) is 2.31. The molecule has 1 aromatic heterocycles. The molecule has 1 heterocycles. The van der Waals surface area contributed by atoms with Crippen LogP contribution >= 0.6 is 0 Å². The Labute approximate surface area is 116 Å². The van der Waals surface area contributed by atoms with Crippen LogP contribution in [0.4, 0.5) is 13.2 Å². The molecule has 1 amide bonds. The lowest BCUT2D eigenvalue weighted by atomic mass is 10.2. The second-order valence-electron chi connectivity index (χ2n) is 3.81. The number of hydrazine groups is 1. The molecule has 2 N–H and O–H groups in total. The van der Waals surface area contributed by atoms with E-state index >= 15 is 0 Å². The van der Waals surface area contributed by atoms with Gasteiger partial charge in [0.25, 0.3) is 5.89 Å². The van der Waals surface area contributed by atoms with Crippen LogP contribution in [0, 0.1) is 0 Å². The van der Waals surface area contributed by atoms with Gasteiger partial charge in [-0.05, 0) is 24.3 Å². The lowest BCUT2D eigenvalue weighted by Gasteiger charge is -2.08. The number of halogens is 3. The average molecular weight is 301 g/mol. The Morgan fingerprint density at radius 2 is 1.95 bits per heavy atom. The number of aromatic nitrogens is 1. The fraction of sp³-hybridized carbons (Fsp3) is 0.167. The number of nitrogens with zero attached hydrogens (tertiary/aromatic N) is 1. The Balaban J connectivity index is 2.14. The summed E-state index contributed by atoms with van der Waals surface area (Å²) in [7, 11) is 1.50. The number of ether oxygens (including phenoxy) is 1. The van der Waals surface area contributed by atoms with E-state index in [9.17, 15) is 18.0 Å². The van der Waals surface area contributed by atoms with Gasteiger partial charge in [0.15, 0.2) is 5.76 Å². The molecular weight excluding hydrogens is 291 g/mol. The van der Waals surface area contributed by atoms with Gasteiger partial charge in [-0.15, -0.1) is 13.2 Å². The molecule has 21 heavy (non-hydrogen) atoms. The first kappa shape index (κ1) is 14.9. The zero-order chi connectivity index (χ0) is 15.5. The summed E-state index contributed by atoms with van der Waals surface area (Å²) in [6, 6.07) is 5.00. The molecule has 0 radical (unpaired) electrons. The van der Waals surface area contributed by atoms with E-state index in [-0.39, 0.29) is 17.4 Å². The molecule has 0 aliphatic carbocycles. The molecule has 2 aromatic rings. The predicted octanol–water partition coefficient (Wildman–Crippen LogP) is 2.10. The summed E-state index contributed by atoms with van der Waals surface area (Å²) in [5.41, 5.74) is 5.15. The van der Waals surface area contributed by atoms with Crippen LogP contribution in [0.5, 0.6) is 5.75 Å². The quantitative estimate of drug-likeness (QED) is 0.846. The van der Waals surface area contributed by atoms with E-state index < -0.39 is 12.3 Å². The van der Waals surface area contributed by atoms with Crippen molar-refractivity contribution in [1.82, 2.24) is 15.8 Å². The molecule has 6 nitrogen and oxygen atoms in total. The highest BCUT2D eigenvalue weighted by Crippen LogP contribution is 2.26. The molecule has 2 rings (SSSR count). The average Bonchev–Trinajstić information content (AvgIpc) is 2.87. The lowest BCUT2D eigenvalue weighted by molar-refractivity contribution is -0.274. The molecule has 0 atom stereocenters. The minimum atomic E-state index is -4.74. The molecule has 0 unspecified atom stereocenters. The molecule has 0 fully saturated rings. The highest BCUT2D eigenvalue weighted by Gasteiger charge is 2.31. The van der Waals surface area contributed by atoms with E-state index in [0.717, 1.165) is 12.1 Å². The standard InChI is InChI=1S/C12H10F3N3O3/c1-16-18-10(19)11-17-6-9(20-11)7-2-4-8(5-3-7)21-12(13,14)15/h2-6,16H,1H3,(H,18,19). The van der Waals surface area contributed by atoms with Gasteiger partial charge in [0.05, 0.1) is 6.20 Å².